The summed E-state index contributed by atoms with van der Waals surface area (Å²) in [6.07, 6.45) is 69.9. The van der Waals surface area contributed by atoms with Crippen LogP contribution in [-0.4, -0.2) is 13.1 Å². The maximum absolute atomic E-state index is 11.3. The van der Waals surface area contributed by atoms with Crippen molar-refractivity contribution < 1.29 is 9.53 Å². The second-order valence-electron chi connectivity index (χ2n) is 24.6. The molecule has 0 amide bonds. The molecule has 0 N–H and O–H groups in total. The quantitative estimate of drug-likeness (QED) is 0.0449. The van der Waals surface area contributed by atoms with E-state index in [2.05, 4.69) is 202 Å². The minimum absolute atomic E-state index is 0.137. The van der Waals surface area contributed by atoms with Crippen molar-refractivity contribution in [2.24, 2.45) is 0 Å². The van der Waals surface area contributed by atoms with Gasteiger partial charge < -0.3 is 4.74 Å². The van der Waals surface area contributed by atoms with Gasteiger partial charge in [0.2, 0.25) is 0 Å². The molecule has 0 aromatic carbocycles. The summed E-state index contributed by atoms with van der Waals surface area (Å²) in [6, 6.07) is 0. The highest BCUT2D eigenvalue weighted by molar-refractivity contribution is 5.69. The Kier molecular flexibility index (Phi) is 47.5. The van der Waals surface area contributed by atoms with E-state index in [0.29, 0.717) is 6.42 Å². The molecule has 0 aliphatic carbocycles. The van der Waals surface area contributed by atoms with E-state index in [0.717, 1.165) is 122 Å². The lowest BCUT2D eigenvalue weighted by Gasteiger charge is -2.04. The number of rotatable bonds is 45. The van der Waals surface area contributed by atoms with Gasteiger partial charge in [0.1, 0.15) is 0 Å². The van der Waals surface area contributed by atoms with Crippen LogP contribution in [0.5, 0.6) is 0 Å². The minimum Gasteiger partial charge on any atom is -0.469 e. The number of carbonyl (C=O) groups excluding carboxylic acids is 1. The van der Waals surface area contributed by atoms with Crippen molar-refractivity contribution in [1.29, 1.82) is 0 Å². The number of carbonyl (C=O) groups is 1. The minimum atomic E-state index is -0.137. The SMILES string of the molecule is COC(=O)CC/C=C(/C)CC/C=C(/C)CC/C=C(/C)CC/C=C(/C)CC/C=C(/C)CC/C=C(/C)CC/C=C(/C)CC/C=C(/C)CC/C=C(/C)CC/C=C(/C)CC/C=C(/C)CC/C=C(/C)CC/C=C(\C)CC/C=C(\C)CCC=C(C)C. The van der Waals surface area contributed by atoms with E-state index in [1.807, 2.05) is 0 Å². The molecule has 0 aliphatic rings. The lowest BCUT2D eigenvalue weighted by molar-refractivity contribution is -0.140. The zero-order valence-corrected chi connectivity index (χ0v) is 55.7. The monoisotopic (exact) mass is 1090 g/mol. The molecule has 0 heterocycles. The first-order valence-electron chi connectivity index (χ1n) is 32.1. The van der Waals surface area contributed by atoms with Crippen molar-refractivity contribution in [2.75, 3.05) is 7.11 Å². The molecular formula is C78H126O2. The third-order valence-corrected chi connectivity index (χ3v) is 15.6. The summed E-state index contributed by atoms with van der Waals surface area (Å²) in [4.78, 5) is 11.3. The van der Waals surface area contributed by atoms with Crippen LogP contribution < -0.4 is 0 Å². The predicted octanol–water partition coefficient (Wildman–Crippen LogP) is 26.1. The molecule has 0 aliphatic heterocycles. The molecule has 2 heteroatoms. The fourth-order valence-electron chi connectivity index (χ4n) is 9.66. The van der Waals surface area contributed by atoms with E-state index in [4.69, 9.17) is 4.74 Å². The topological polar surface area (TPSA) is 26.3 Å². The Hall–Kier alpha value is -4.43. The molecular weight excluding hydrogens is 969 g/mol. The average Bonchev–Trinajstić information content (AvgIpc) is 3.38. The van der Waals surface area contributed by atoms with Gasteiger partial charge in [-0.3, -0.25) is 4.79 Å². The highest BCUT2D eigenvalue weighted by Gasteiger charge is 2.01. The molecule has 0 aromatic heterocycles. The normalized spacial score (nSPS) is 14.9. The van der Waals surface area contributed by atoms with Crippen LogP contribution in [0.4, 0.5) is 0 Å². The molecule has 0 atom stereocenters. The summed E-state index contributed by atoms with van der Waals surface area (Å²) < 4.78 is 4.72. The average molecular weight is 1100 g/mol. The fraction of sp³-hybridized carbons (Fsp3) is 0.603. The first-order valence-corrected chi connectivity index (χ1v) is 32.1. The first kappa shape index (κ1) is 75.6. The summed E-state index contributed by atoms with van der Waals surface area (Å²) in [7, 11) is 1.45. The van der Waals surface area contributed by atoms with Gasteiger partial charge in [-0.05, 0) is 297 Å². The number of hydrogen-bond donors (Lipinski definition) is 0. The molecule has 0 saturated heterocycles. The second-order valence-corrected chi connectivity index (χ2v) is 24.6. The summed E-state index contributed by atoms with van der Waals surface area (Å²) in [5.41, 5.74) is 22.5. The third kappa shape index (κ3) is 50.5. The summed E-state index contributed by atoms with van der Waals surface area (Å²) >= 11 is 0. The van der Waals surface area contributed by atoms with Crippen molar-refractivity contribution in [3.05, 3.63) is 175 Å². The standard InChI is InChI=1S/C78H126O2/c1-63(2)33-18-34-64(3)35-19-36-65(4)37-20-38-66(5)39-21-40-67(6)41-22-42-68(7)43-23-44-69(8)45-24-46-70(9)47-25-48-71(10)49-26-50-72(11)51-27-52-73(12)53-28-54-74(13)55-29-56-75(14)57-30-58-76(15)59-31-60-77(16)61-32-62-78(79)80-17/h33,35,37,39,41,43,45,47,49,51,53,55,57,59,61H,18-32,34,36,38,40,42,44,46,48,50,52,54,56,58,60,62H2,1-17H3/b64-35+,65-37+,66-39-,67-41-,68-43-,69-45-,70-47-,71-49-,72-51-,73-53-,74-55-,75-57-,76-59-,77-61-. The van der Waals surface area contributed by atoms with Gasteiger partial charge >= 0.3 is 5.97 Å². The van der Waals surface area contributed by atoms with Crippen LogP contribution in [-0.2, 0) is 9.53 Å². The largest absolute Gasteiger partial charge is 0.469 e. The van der Waals surface area contributed by atoms with E-state index >= 15 is 0 Å². The van der Waals surface area contributed by atoms with E-state index in [1.54, 1.807) is 0 Å². The smallest absolute Gasteiger partial charge is 0.305 e. The Morgan fingerprint density at radius 1 is 0.200 bits per heavy atom. The van der Waals surface area contributed by atoms with Crippen LogP contribution in [0.15, 0.2) is 175 Å². The molecule has 0 bridgehead atoms. The van der Waals surface area contributed by atoms with Crippen LogP contribution in [0, 0.1) is 0 Å². The first-order chi connectivity index (χ1) is 38.2. The Bertz CT molecular complexity index is 2210. The van der Waals surface area contributed by atoms with E-state index in [1.165, 1.54) is 155 Å². The Labute approximate surface area is 498 Å². The Morgan fingerprint density at radius 3 is 0.425 bits per heavy atom. The molecule has 0 spiro atoms. The Balaban J connectivity index is 4.32. The fourth-order valence-corrected chi connectivity index (χ4v) is 9.66. The van der Waals surface area contributed by atoms with Crippen molar-refractivity contribution >= 4 is 5.97 Å². The molecule has 80 heavy (non-hydrogen) atoms. The summed E-state index contributed by atoms with van der Waals surface area (Å²) in [6.45, 7) is 36.4. The van der Waals surface area contributed by atoms with Crippen molar-refractivity contribution in [2.45, 2.75) is 303 Å². The van der Waals surface area contributed by atoms with Gasteiger partial charge in [0, 0.05) is 6.42 Å². The van der Waals surface area contributed by atoms with Crippen LogP contribution in [0.2, 0.25) is 0 Å². The third-order valence-electron chi connectivity index (χ3n) is 15.6. The molecule has 0 fully saturated rings. The number of ether oxygens (including phenoxy) is 1. The van der Waals surface area contributed by atoms with Gasteiger partial charge in [0.15, 0.2) is 0 Å². The molecule has 0 aromatic rings. The summed E-state index contributed by atoms with van der Waals surface area (Å²) in [5.74, 6) is -0.137. The Morgan fingerprint density at radius 2 is 0.312 bits per heavy atom. The molecule has 0 saturated carbocycles. The zero-order valence-electron chi connectivity index (χ0n) is 55.7. The number of hydrogen-bond acceptors (Lipinski definition) is 2. The van der Waals surface area contributed by atoms with Crippen molar-refractivity contribution in [3.63, 3.8) is 0 Å². The summed E-state index contributed by atoms with van der Waals surface area (Å²) in [5, 5.41) is 0. The number of allylic oxidation sites excluding steroid dienone is 30. The maximum atomic E-state index is 11.3. The van der Waals surface area contributed by atoms with Gasteiger partial charge in [-0.15, -0.1) is 0 Å². The van der Waals surface area contributed by atoms with E-state index in [-0.39, 0.29) is 5.97 Å². The molecule has 2 nitrogen and oxygen atoms in total. The zero-order chi connectivity index (χ0) is 59.8. The lowest BCUT2D eigenvalue weighted by Crippen LogP contribution is -1.98. The highest BCUT2D eigenvalue weighted by Crippen LogP contribution is 2.21. The predicted molar refractivity (Wildman–Crippen MR) is 363 cm³/mol. The highest BCUT2D eigenvalue weighted by atomic mass is 16.5. The molecule has 450 valence electrons. The van der Waals surface area contributed by atoms with Crippen molar-refractivity contribution in [3.8, 4) is 0 Å². The molecule has 0 radical (unpaired) electrons. The van der Waals surface area contributed by atoms with Crippen LogP contribution in [0.25, 0.3) is 0 Å². The van der Waals surface area contributed by atoms with Crippen LogP contribution in [0.3, 0.4) is 0 Å². The van der Waals surface area contributed by atoms with Crippen LogP contribution >= 0.6 is 0 Å². The second kappa shape index (κ2) is 50.3. The van der Waals surface area contributed by atoms with E-state index < -0.39 is 0 Å². The van der Waals surface area contributed by atoms with E-state index in [9.17, 15) is 4.79 Å². The van der Waals surface area contributed by atoms with Crippen LogP contribution in [0.1, 0.15) is 303 Å². The van der Waals surface area contributed by atoms with Gasteiger partial charge in [-0.1, -0.05) is 175 Å². The van der Waals surface area contributed by atoms with Crippen molar-refractivity contribution in [1.82, 2.24) is 0 Å². The maximum Gasteiger partial charge on any atom is 0.305 e. The van der Waals surface area contributed by atoms with Gasteiger partial charge in [0.25, 0.3) is 0 Å². The van der Waals surface area contributed by atoms with Gasteiger partial charge in [-0.25, -0.2) is 0 Å². The lowest BCUT2D eigenvalue weighted by atomic mass is 10.0. The van der Waals surface area contributed by atoms with Gasteiger partial charge in [0.05, 0.1) is 7.11 Å². The molecule has 0 unspecified atom stereocenters. The number of methoxy groups -OCH3 is 1. The number of esters is 1. The molecule has 0 rings (SSSR count). The van der Waals surface area contributed by atoms with Gasteiger partial charge in [-0.2, -0.15) is 0 Å².